The molecule has 4 heteroatoms. The van der Waals surface area contributed by atoms with Gasteiger partial charge < -0.3 is 11.1 Å². The van der Waals surface area contributed by atoms with Gasteiger partial charge in [-0.25, -0.2) is 0 Å². The van der Waals surface area contributed by atoms with Crippen molar-refractivity contribution >= 4 is 22.5 Å². The molecule has 20 heavy (non-hydrogen) atoms. The number of benzene rings is 1. The first-order valence-corrected chi connectivity index (χ1v) is 7.00. The number of nitrogens with two attached hydrogens (primary N) is 1. The number of pyridine rings is 1. The van der Waals surface area contributed by atoms with Crippen molar-refractivity contribution in [1.82, 2.24) is 4.98 Å². The fourth-order valence-electron chi connectivity index (χ4n) is 3.19. The van der Waals surface area contributed by atoms with E-state index in [1.807, 2.05) is 30.3 Å². The van der Waals surface area contributed by atoms with Crippen LogP contribution in [0.1, 0.15) is 19.8 Å². The molecule has 104 valence electrons. The van der Waals surface area contributed by atoms with Crippen molar-refractivity contribution in [2.75, 3.05) is 11.9 Å². The predicted octanol–water partition coefficient (Wildman–Crippen LogP) is 2.55. The van der Waals surface area contributed by atoms with Gasteiger partial charge in [-0.3, -0.25) is 9.78 Å². The molecular formula is C16H19N3O. The van der Waals surface area contributed by atoms with E-state index in [1.54, 1.807) is 6.20 Å². The first kappa shape index (κ1) is 13.1. The molecule has 3 rings (SSSR count). The molecule has 1 aliphatic carbocycles. The van der Waals surface area contributed by atoms with Crippen molar-refractivity contribution in [2.45, 2.75) is 19.8 Å². The molecule has 0 unspecified atom stereocenters. The minimum atomic E-state index is -0.385. The Morgan fingerprint density at radius 2 is 2.20 bits per heavy atom. The third kappa shape index (κ3) is 2.06. The minimum Gasteiger partial charge on any atom is -0.329 e. The minimum absolute atomic E-state index is 0.0365. The van der Waals surface area contributed by atoms with Crippen molar-refractivity contribution in [2.24, 2.45) is 17.1 Å². The summed E-state index contributed by atoms with van der Waals surface area (Å²) in [6.45, 7) is 2.56. The first-order chi connectivity index (χ1) is 9.64. The van der Waals surface area contributed by atoms with E-state index in [2.05, 4.69) is 17.2 Å². The summed E-state index contributed by atoms with van der Waals surface area (Å²) in [5.41, 5.74) is 7.14. The molecule has 0 bridgehead atoms. The number of anilines is 1. The Morgan fingerprint density at radius 1 is 1.40 bits per heavy atom. The number of nitrogens with zero attached hydrogens (tertiary/aromatic N) is 1. The molecule has 1 aliphatic rings. The number of hydrogen-bond donors (Lipinski definition) is 2. The van der Waals surface area contributed by atoms with Gasteiger partial charge in [-0.1, -0.05) is 13.0 Å². The second kappa shape index (κ2) is 4.87. The number of carbonyl (C=O) groups is 1. The van der Waals surface area contributed by atoms with E-state index < -0.39 is 0 Å². The SMILES string of the molecule is CC1CC(CN)(C(=O)Nc2cccc3ncccc23)C1. The number of amides is 1. The van der Waals surface area contributed by atoms with E-state index in [4.69, 9.17) is 5.73 Å². The van der Waals surface area contributed by atoms with Crippen LogP contribution in [0, 0.1) is 11.3 Å². The van der Waals surface area contributed by atoms with Crippen molar-refractivity contribution in [3.8, 4) is 0 Å². The van der Waals surface area contributed by atoms with Crippen molar-refractivity contribution in [3.63, 3.8) is 0 Å². The Bertz CT molecular complexity index is 642. The van der Waals surface area contributed by atoms with Gasteiger partial charge in [0.2, 0.25) is 5.91 Å². The van der Waals surface area contributed by atoms with Gasteiger partial charge >= 0.3 is 0 Å². The van der Waals surface area contributed by atoms with Gasteiger partial charge in [0.1, 0.15) is 0 Å². The fraction of sp³-hybridized carbons (Fsp3) is 0.375. The van der Waals surface area contributed by atoms with E-state index in [-0.39, 0.29) is 11.3 Å². The molecule has 1 amide bonds. The molecule has 3 N–H and O–H groups in total. The molecule has 1 saturated carbocycles. The van der Waals surface area contributed by atoms with Gasteiger partial charge in [-0.05, 0) is 43.0 Å². The third-order valence-corrected chi connectivity index (χ3v) is 4.24. The van der Waals surface area contributed by atoms with Crippen molar-refractivity contribution < 1.29 is 4.79 Å². The second-order valence-corrected chi connectivity index (χ2v) is 5.83. The van der Waals surface area contributed by atoms with Gasteiger partial charge in [0.05, 0.1) is 16.6 Å². The maximum Gasteiger partial charge on any atom is 0.231 e. The van der Waals surface area contributed by atoms with Crippen LogP contribution in [0.3, 0.4) is 0 Å². The van der Waals surface area contributed by atoms with Gasteiger partial charge in [0.25, 0.3) is 0 Å². The normalized spacial score (nSPS) is 25.2. The van der Waals surface area contributed by atoms with Gasteiger partial charge in [-0.2, -0.15) is 0 Å². The van der Waals surface area contributed by atoms with Gasteiger partial charge in [-0.15, -0.1) is 0 Å². The molecule has 0 aliphatic heterocycles. The fourth-order valence-corrected chi connectivity index (χ4v) is 3.19. The monoisotopic (exact) mass is 269 g/mol. The lowest BCUT2D eigenvalue weighted by Gasteiger charge is -2.44. The summed E-state index contributed by atoms with van der Waals surface area (Å²) in [5, 5.41) is 4.00. The highest BCUT2D eigenvalue weighted by Crippen LogP contribution is 2.45. The standard InChI is InChI=1S/C16H19N3O/c1-11-8-16(9-11,10-17)15(20)19-14-6-2-5-13-12(14)4-3-7-18-13/h2-7,11H,8-10,17H2,1H3,(H,19,20). The van der Waals surface area contributed by atoms with E-state index >= 15 is 0 Å². The highest BCUT2D eigenvalue weighted by Gasteiger charge is 2.47. The summed E-state index contributed by atoms with van der Waals surface area (Å²) in [6.07, 6.45) is 3.50. The Morgan fingerprint density at radius 3 is 2.90 bits per heavy atom. The molecule has 2 aromatic rings. The van der Waals surface area contributed by atoms with Crippen LogP contribution in [0.15, 0.2) is 36.5 Å². The smallest absolute Gasteiger partial charge is 0.231 e. The second-order valence-electron chi connectivity index (χ2n) is 5.83. The van der Waals surface area contributed by atoms with Crippen LogP contribution >= 0.6 is 0 Å². The lowest BCUT2D eigenvalue weighted by molar-refractivity contribution is -0.132. The topological polar surface area (TPSA) is 68.0 Å². The molecule has 0 saturated heterocycles. The largest absolute Gasteiger partial charge is 0.329 e. The average Bonchev–Trinajstić information content (AvgIpc) is 2.44. The maximum absolute atomic E-state index is 12.5. The molecule has 1 fully saturated rings. The lowest BCUT2D eigenvalue weighted by Crippen LogP contribution is -2.51. The van der Waals surface area contributed by atoms with E-state index in [0.29, 0.717) is 12.5 Å². The Labute approximate surface area is 118 Å². The highest BCUT2D eigenvalue weighted by atomic mass is 16.2. The maximum atomic E-state index is 12.5. The van der Waals surface area contributed by atoms with Gasteiger partial charge in [0.15, 0.2) is 0 Å². The number of nitrogens with one attached hydrogen (secondary N) is 1. The number of hydrogen-bond acceptors (Lipinski definition) is 3. The molecular weight excluding hydrogens is 250 g/mol. The predicted molar refractivity (Wildman–Crippen MR) is 80.3 cm³/mol. The third-order valence-electron chi connectivity index (χ3n) is 4.24. The van der Waals surface area contributed by atoms with Crippen LogP contribution in [0.2, 0.25) is 0 Å². The molecule has 1 heterocycles. The van der Waals surface area contributed by atoms with Crippen LogP contribution in [0.5, 0.6) is 0 Å². The van der Waals surface area contributed by atoms with Crippen LogP contribution in [0.25, 0.3) is 10.9 Å². The summed E-state index contributed by atoms with van der Waals surface area (Å²) in [7, 11) is 0. The van der Waals surface area contributed by atoms with Crippen LogP contribution in [-0.4, -0.2) is 17.4 Å². The van der Waals surface area contributed by atoms with Crippen LogP contribution < -0.4 is 11.1 Å². The van der Waals surface area contributed by atoms with Crippen LogP contribution in [0.4, 0.5) is 5.69 Å². The summed E-state index contributed by atoms with van der Waals surface area (Å²) in [6, 6.07) is 9.60. The Balaban J connectivity index is 1.88. The summed E-state index contributed by atoms with van der Waals surface area (Å²) in [5.74, 6) is 0.618. The number of aromatic nitrogens is 1. The number of fused-ring (bicyclic) bond motifs is 1. The molecule has 1 aromatic carbocycles. The molecule has 1 aromatic heterocycles. The lowest BCUT2D eigenvalue weighted by atomic mass is 9.62. The zero-order valence-electron chi connectivity index (χ0n) is 11.6. The van der Waals surface area contributed by atoms with Gasteiger partial charge in [0, 0.05) is 18.1 Å². The van der Waals surface area contributed by atoms with E-state index in [0.717, 1.165) is 29.4 Å². The Hall–Kier alpha value is -1.94. The summed E-state index contributed by atoms with van der Waals surface area (Å²) in [4.78, 5) is 16.8. The molecule has 4 nitrogen and oxygen atoms in total. The zero-order chi connectivity index (χ0) is 14.2. The van der Waals surface area contributed by atoms with Crippen molar-refractivity contribution in [1.29, 1.82) is 0 Å². The highest BCUT2D eigenvalue weighted by molar-refractivity contribution is 6.03. The van der Waals surface area contributed by atoms with Crippen LogP contribution in [-0.2, 0) is 4.79 Å². The zero-order valence-corrected chi connectivity index (χ0v) is 11.6. The molecule has 0 atom stereocenters. The van der Waals surface area contributed by atoms with E-state index in [1.165, 1.54) is 0 Å². The number of rotatable bonds is 3. The quantitative estimate of drug-likeness (QED) is 0.899. The summed E-state index contributed by atoms with van der Waals surface area (Å²) < 4.78 is 0. The molecule has 0 radical (unpaired) electrons. The average molecular weight is 269 g/mol. The van der Waals surface area contributed by atoms with Crippen molar-refractivity contribution in [3.05, 3.63) is 36.5 Å². The summed E-state index contributed by atoms with van der Waals surface area (Å²) >= 11 is 0. The first-order valence-electron chi connectivity index (χ1n) is 7.00. The van der Waals surface area contributed by atoms with E-state index in [9.17, 15) is 4.79 Å². The Kier molecular flexibility index (Phi) is 3.18. The molecule has 0 spiro atoms. The number of carbonyl (C=O) groups excluding carboxylic acids is 1.